The minimum absolute atomic E-state index is 0.0433. The summed E-state index contributed by atoms with van der Waals surface area (Å²) >= 11 is -0.0433. The molecule has 1 amide bonds. The Hall–Kier alpha value is -1.71. The van der Waals surface area contributed by atoms with Crippen molar-refractivity contribution in [1.29, 1.82) is 0 Å². The number of alkyl halides is 2. The van der Waals surface area contributed by atoms with Gasteiger partial charge in [0.05, 0.1) is 0 Å². The number of rotatable bonds is 5. The Balaban J connectivity index is 1.66. The number of carbonyl (C=O) groups is 1. The maximum atomic E-state index is 14.3. The van der Waals surface area contributed by atoms with E-state index >= 15 is 0 Å². The molecule has 5 heteroatoms. The third-order valence-electron chi connectivity index (χ3n) is 3.94. The van der Waals surface area contributed by atoms with Crippen LogP contribution in [0.1, 0.15) is 5.56 Å². The van der Waals surface area contributed by atoms with E-state index in [-0.39, 0.29) is 28.0 Å². The quantitative estimate of drug-likeness (QED) is 0.731. The van der Waals surface area contributed by atoms with E-state index in [4.69, 9.17) is 0 Å². The zero-order chi connectivity index (χ0) is 16.3. The van der Waals surface area contributed by atoms with E-state index in [0.29, 0.717) is 5.32 Å². The van der Waals surface area contributed by atoms with E-state index < -0.39 is 17.7 Å². The average molecular weight is 380 g/mol. The summed E-state index contributed by atoms with van der Waals surface area (Å²) in [5.41, 5.74) is 0.880. The van der Waals surface area contributed by atoms with Gasteiger partial charge in [0, 0.05) is 0 Å². The molecule has 0 radical (unpaired) electrons. The number of hydrogen-bond acceptors (Lipinski definition) is 1. The van der Waals surface area contributed by atoms with Crippen LogP contribution in [0.3, 0.4) is 0 Å². The molecule has 3 rings (SSSR count). The van der Waals surface area contributed by atoms with Crippen molar-refractivity contribution in [2.24, 2.45) is 5.92 Å². The molecule has 0 saturated carbocycles. The van der Waals surface area contributed by atoms with Crippen molar-refractivity contribution in [1.82, 2.24) is 4.90 Å². The number of nitrogens with zero attached hydrogens (tertiary/aromatic N) is 1. The zero-order valence-corrected chi connectivity index (χ0v) is 14.2. The van der Waals surface area contributed by atoms with Gasteiger partial charge in [-0.3, -0.25) is 0 Å². The van der Waals surface area contributed by atoms with Gasteiger partial charge in [-0.2, -0.15) is 0 Å². The monoisotopic (exact) mass is 381 g/mol. The topological polar surface area (TPSA) is 20.3 Å². The Bertz CT molecular complexity index is 663. The van der Waals surface area contributed by atoms with Gasteiger partial charge < -0.3 is 0 Å². The van der Waals surface area contributed by atoms with Gasteiger partial charge >= 0.3 is 140 Å². The molecule has 2 aromatic carbocycles. The summed E-state index contributed by atoms with van der Waals surface area (Å²) in [5.74, 6) is -5.17. The van der Waals surface area contributed by atoms with Gasteiger partial charge in [0.2, 0.25) is 0 Å². The van der Waals surface area contributed by atoms with Gasteiger partial charge in [-0.1, -0.05) is 0 Å². The number of hydrogen-bond donors (Lipinski definition) is 0. The van der Waals surface area contributed by atoms with E-state index in [9.17, 15) is 13.6 Å². The van der Waals surface area contributed by atoms with Gasteiger partial charge in [-0.05, 0) is 0 Å². The average Bonchev–Trinajstić information content (AvgIpc) is 2.78. The molecule has 23 heavy (non-hydrogen) atoms. The predicted molar refractivity (Wildman–Crippen MR) is 86.9 cm³/mol. The van der Waals surface area contributed by atoms with E-state index in [1.165, 1.54) is 4.90 Å². The van der Waals surface area contributed by atoms with Crippen molar-refractivity contribution < 1.29 is 13.6 Å². The second kappa shape index (κ2) is 6.81. The molecule has 1 unspecified atom stereocenters. The molecule has 0 aromatic heterocycles. The van der Waals surface area contributed by atoms with Crippen LogP contribution in [0.4, 0.5) is 8.78 Å². The zero-order valence-electron chi connectivity index (χ0n) is 12.5. The van der Waals surface area contributed by atoms with Crippen LogP contribution in [0.25, 0.3) is 0 Å². The van der Waals surface area contributed by atoms with Crippen molar-refractivity contribution >= 4 is 25.3 Å². The minimum atomic E-state index is -3.24. The molecule has 1 fully saturated rings. The number of amides is 1. The Morgan fingerprint density at radius 3 is 2.30 bits per heavy atom. The first-order valence-corrected chi connectivity index (χ1v) is 9.53. The van der Waals surface area contributed by atoms with Crippen LogP contribution in [0.5, 0.6) is 0 Å². The molecule has 1 heterocycles. The van der Waals surface area contributed by atoms with Crippen molar-refractivity contribution in [3.8, 4) is 0 Å². The molecule has 0 spiro atoms. The summed E-state index contributed by atoms with van der Waals surface area (Å²) in [4.78, 5) is 13.3. The van der Waals surface area contributed by atoms with Crippen LogP contribution in [-0.4, -0.2) is 38.2 Å². The standard InChI is InChI=1S/C18H17F2NOSe/c19-18(20)15(13-23-16-9-5-2-6-10-16)12-21(17(18)22)11-14-7-3-1-4-8-14/h1-10,15H,11-13H2. The molecular formula is C18H17F2NOSe. The molecule has 2 aromatic rings. The Kier molecular flexibility index (Phi) is 4.79. The molecule has 0 aliphatic carbocycles. The molecule has 0 N–H and O–H groups in total. The second-order valence-corrected chi connectivity index (χ2v) is 7.91. The van der Waals surface area contributed by atoms with Crippen molar-refractivity contribution in [2.75, 3.05) is 6.54 Å². The fourth-order valence-corrected chi connectivity index (χ4v) is 4.88. The Labute approximate surface area is 140 Å². The Morgan fingerprint density at radius 2 is 1.65 bits per heavy atom. The summed E-state index contributed by atoms with van der Waals surface area (Å²) in [7, 11) is 0. The van der Waals surface area contributed by atoms with E-state index in [0.717, 1.165) is 10.0 Å². The molecule has 1 atom stereocenters. The summed E-state index contributed by atoms with van der Waals surface area (Å²) in [6.45, 7) is 0.388. The molecule has 1 saturated heterocycles. The molecule has 120 valence electrons. The van der Waals surface area contributed by atoms with Gasteiger partial charge in [-0.25, -0.2) is 0 Å². The molecule has 1 aliphatic heterocycles. The molecule has 2 nitrogen and oxygen atoms in total. The van der Waals surface area contributed by atoms with Crippen LogP contribution < -0.4 is 4.46 Å². The summed E-state index contributed by atoms with van der Waals surface area (Å²) in [5, 5.41) is 0.376. The third-order valence-corrected chi connectivity index (χ3v) is 6.40. The fourth-order valence-electron chi connectivity index (χ4n) is 2.66. The molecule has 0 bridgehead atoms. The van der Waals surface area contributed by atoms with Gasteiger partial charge in [0.15, 0.2) is 0 Å². The van der Waals surface area contributed by atoms with E-state index in [1.54, 1.807) is 0 Å². The first-order valence-electron chi connectivity index (χ1n) is 7.46. The summed E-state index contributed by atoms with van der Waals surface area (Å²) in [6, 6.07) is 18.9. The maximum absolute atomic E-state index is 14.3. The van der Waals surface area contributed by atoms with E-state index in [1.807, 2.05) is 60.7 Å². The van der Waals surface area contributed by atoms with E-state index in [2.05, 4.69) is 0 Å². The fraction of sp³-hybridized carbons (Fsp3) is 0.278. The second-order valence-electron chi connectivity index (χ2n) is 5.62. The SMILES string of the molecule is O=C1N(Cc2ccccc2)CC(C[Se]c2ccccc2)C1(F)F. The van der Waals surface area contributed by atoms with Gasteiger partial charge in [0.25, 0.3) is 0 Å². The summed E-state index contributed by atoms with van der Waals surface area (Å²) < 4.78 is 29.6. The van der Waals surface area contributed by atoms with Crippen molar-refractivity contribution in [3.63, 3.8) is 0 Å². The first kappa shape index (κ1) is 16.2. The van der Waals surface area contributed by atoms with Crippen LogP contribution in [-0.2, 0) is 11.3 Å². The Morgan fingerprint density at radius 1 is 1.04 bits per heavy atom. The van der Waals surface area contributed by atoms with Crippen LogP contribution in [0, 0.1) is 5.92 Å². The van der Waals surface area contributed by atoms with Crippen LogP contribution in [0.15, 0.2) is 60.7 Å². The number of carbonyl (C=O) groups excluding carboxylic acids is 1. The van der Waals surface area contributed by atoms with Gasteiger partial charge in [-0.15, -0.1) is 0 Å². The molecule has 1 aliphatic rings. The predicted octanol–water partition coefficient (Wildman–Crippen LogP) is 2.73. The van der Waals surface area contributed by atoms with Crippen LogP contribution in [0.2, 0.25) is 5.32 Å². The van der Waals surface area contributed by atoms with Crippen LogP contribution >= 0.6 is 0 Å². The van der Waals surface area contributed by atoms with Crippen molar-refractivity contribution in [3.05, 3.63) is 66.2 Å². The number of likely N-dealkylation sites (tertiary alicyclic amines) is 1. The molecular weight excluding hydrogens is 363 g/mol. The first-order chi connectivity index (χ1) is 11.1. The third kappa shape index (κ3) is 3.62. The number of benzene rings is 2. The summed E-state index contributed by atoms with van der Waals surface area (Å²) in [6.07, 6.45) is 0. The normalized spacial score (nSPS) is 20.0. The number of halogens is 2. The van der Waals surface area contributed by atoms with Gasteiger partial charge in [0.1, 0.15) is 0 Å². The van der Waals surface area contributed by atoms with Crippen molar-refractivity contribution in [2.45, 2.75) is 17.8 Å².